The summed E-state index contributed by atoms with van der Waals surface area (Å²) in [5, 5.41) is 11.7. The molecule has 0 aliphatic carbocycles. The molecule has 14 heavy (non-hydrogen) atoms. The predicted octanol–water partition coefficient (Wildman–Crippen LogP) is 0.583. The molecule has 0 amide bonds. The van der Waals surface area contributed by atoms with E-state index >= 15 is 0 Å². The number of anilines is 1. The van der Waals surface area contributed by atoms with E-state index in [0.29, 0.717) is 6.04 Å². The third kappa shape index (κ3) is 2.01. The lowest BCUT2D eigenvalue weighted by molar-refractivity contribution is 0.481. The maximum Gasteiger partial charge on any atom is 0.151 e. The van der Waals surface area contributed by atoms with Crippen LogP contribution in [0.3, 0.4) is 0 Å². The molecule has 4 nitrogen and oxygen atoms in total. The van der Waals surface area contributed by atoms with Gasteiger partial charge < -0.3 is 10.2 Å². The number of hydrogen-bond donors (Lipinski definition) is 1. The van der Waals surface area contributed by atoms with Crippen molar-refractivity contribution in [2.24, 2.45) is 0 Å². The predicted molar refractivity (Wildman–Crippen MR) is 56.4 cm³/mol. The lowest BCUT2D eigenvalue weighted by Gasteiger charge is -2.32. The van der Waals surface area contributed by atoms with Crippen LogP contribution in [0, 0.1) is 6.92 Å². The van der Waals surface area contributed by atoms with Crippen molar-refractivity contribution >= 4 is 5.82 Å². The molecular formula is C10H16N4. The van der Waals surface area contributed by atoms with Gasteiger partial charge in [0.25, 0.3) is 0 Å². The zero-order valence-corrected chi connectivity index (χ0v) is 8.70. The first-order chi connectivity index (χ1) is 6.75. The van der Waals surface area contributed by atoms with Gasteiger partial charge in [0, 0.05) is 25.7 Å². The van der Waals surface area contributed by atoms with Crippen molar-refractivity contribution in [3.8, 4) is 0 Å². The molecule has 1 aliphatic heterocycles. The standard InChI is InChI=1S/C10H16N4/c1-8-3-4-10(13-12-8)14-6-5-11-9(2)7-14/h3-4,9,11H,5-7H2,1-2H3. The summed E-state index contributed by atoms with van der Waals surface area (Å²) >= 11 is 0. The van der Waals surface area contributed by atoms with Gasteiger partial charge in [-0.25, -0.2) is 0 Å². The first-order valence-electron chi connectivity index (χ1n) is 5.04. The van der Waals surface area contributed by atoms with Crippen molar-refractivity contribution in [2.75, 3.05) is 24.5 Å². The highest BCUT2D eigenvalue weighted by molar-refractivity contribution is 5.38. The van der Waals surface area contributed by atoms with Gasteiger partial charge in [0.15, 0.2) is 5.82 Å². The molecular weight excluding hydrogens is 176 g/mol. The van der Waals surface area contributed by atoms with Gasteiger partial charge in [-0.05, 0) is 26.0 Å². The van der Waals surface area contributed by atoms with E-state index in [0.717, 1.165) is 31.1 Å². The fourth-order valence-electron chi connectivity index (χ4n) is 1.70. The number of piperazine rings is 1. The van der Waals surface area contributed by atoms with Crippen molar-refractivity contribution in [1.29, 1.82) is 0 Å². The fraction of sp³-hybridized carbons (Fsp3) is 0.600. The van der Waals surface area contributed by atoms with Crippen LogP contribution in [0.15, 0.2) is 12.1 Å². The van der Waals surface area contributed by atoms with Crippen LogP contribution < -0.4 is 10.2 Å². The van der Waals surface area contributed by atoms with E-state index in [2.05, 4.69) is 27.3 Å². The molecule has 0 aromatic carbocycles. The van der Waals surface area contributed by atoms with Crippen LogP contribution in [0.5, 0.6) is 0 Å². The maximum atomic E-state index is 4.18. The van der Waals surface area contributed by atoms with Crippen LogP contribution in [-0.2, 0) is 0 Å². The fourth-order valence-corrected chi connectivity index (χ4v) is 1.70. The lowest BCUT2D eigenvalue weighted by atomic mass is 10.2. The molecule has 2 heterocycles. The van der Waals surface area contributed by atoms with E-state index in [1.54, 1.807) is 0 Å². The summed E-state index contributed by atoms with van der Waals surface area (Å²) in [6.45, 7) is 7.20. The number of nitrogens with one attached hydrogen (secondary N) is 1. The van der Waals surface area contributed by atoms with Crippen LogP contribution in [0.4, 0.5) is 5.82 Å². The molecule has 0 spiro atoms. The number of nitrogens with zero attached hydrogens (tertiary/aromatic N) is 3. The van der Waals surface area contributed by atoms with Gasteiger partial charge in [0.1, 0.15) is 0 Å². The molecule has 1 aromatic heterocycles. The quantitative estimate of drug-likeness (QED) is 0.707. The molecule has 1 aromatic rings. The smallest absolute Gasteiger partial charge is 0.151 e. The van der Waals surface area contributed by atoms with Gasteiger partial charge in [-0.1, -0.05) is 0 Å². The highest BCUT2D eigenvalue weighted by Gasteiger charge is 2.16. The zero-order valence-electron chi connectivity index (χ0n) is 8.70. The molecule has 2 rings (SSSR count). The van der Waals surface area contributed by atoms with E-state index in [-0.39, 0.29) is 0 Å². The molecule has 1 fully saturated rings. The first kappa shape index (κ1) is 9.40. The average molecular weight is 192 g/mol. The molecule has 76 valence electrons. The zero-order chi connectivity index (χ0) is 9.97. The van der Waals surface area contributed by atoms with Crippen LogP contribution in [-0.4, -0.2) is 35.9 Å². The summed E-state index contributed by atoms with van der Waals surface area (Å²) in [5.74, 6) is 0.990. The van der Waals surface area contributed by atoms with E-state index < -0.39 is 0 Å². The molecule has 1 unspecified atom stereocenters. The van der Waals surface area contributed by atoms with Gasteiger partial charge in [-0.2, -0.15) is 5.10 Å². The second kappa shape index (κ2) is 3.92. The highest BCUT2D eigenvalue weighted by atomic mass is 15.3. The third-order valence-corrected chi connectivity index (χ3v) is 2.48. The summed E-state index contributed by atoms with van der Waals surface area (Å²) in [6, 6.07) is 4.59. The van der Waals surface area contributed by atoms with Crippen LogP contribution >= 0.6 is 0 Å². The summed E-state index contributed by atoms with van der Waals surface area (Å²) in [7, 11) is 0. The molecule has 1 atom stereocenters. The van der Waals surface area contributed by atoms with Gasteiger partial charge in [0.2, 0.25) is 0 Å². The van der Waals surface area contributed by atoms with Gasteiger partial charge in [-0.15, -0.1) is 5.10 Å². The van der Waals surface area contributed by atoms with Gasteiger partial charge in [-0.3, -0.25) is 0 Å². The van der Waals surface area contributed by atoms with E-state index in [4.69, 9.17) is 0 Å². The van der Waals surface area contributed by atoms with Crippen LogP contribution in [0.2, 0.25) is 0 Å². The van der Waals surface area contributed by atoms with Gasteiger partial charge in [0.05, 0.1) is 5.69 Å². The third-order valence-electron chi connectivity index (χ3n) is 2.48. The second-order valence-corrected chi connectivity index (χ2v) is 3.83. The Morgan fingerprint density at radius 3 is 2.93 bits per heavy atom. The normalized spacial score (nSPS) is 22.4. The molecule has 4 heteroatoms. The number of aromatic nitrogens is 2. The number of rotatable bonds is 1. The summed E-state index contributed by atoms with van der Waals surface area (Å²) in [6.07, 6.45) is 0. The van der Waals surface area contributed by atoms with Crippen molar-refractivity contribution in [3.05, 3.63) is 17.8 Å². The number of hydrogen-bond acceptors (Lipinski definition) is 4. The van der Waals surface area contributed by atoms with Crippen LogP contribution in [0.1, 0.15) is 12.6 Å². The SMILES string of the molecule is Cc1ccc(N2CCNC(C)C2)nn1. The average Bonchev–Trinajstić information content (AvgIpc) is 2.19. The maximum absolute atomic E-state index is 4.18. The van der Waals surface area contributed by atoms with Crippen molar-refractivity contribution < 1.29 is 0 Å². The van der Waals surface area contributed by atoms with E-state index in [1.165, 1.54) is 0 Å². The first-order valence-corrected chi connectivity index (χ1v) is 5.04. The van der Waals surface area contributed by atoms with Crippen molar-refractivity contribution in [1.82, 2.24) is 15.5 Å². The highest BCUT2D eigenvalue weighted by Crippen LogP contribution is 2.11. The second-order valence-electron chi connectivity index (χ2n) is 3.83. The Hall–Kier alpha value is -1.16. The Kier molecular flexibility index (Phi) is 2.63. The molecule has 1 saturated heterocycles. The van der Waals surface area contributed by atoms with E-state index in [9.17, 15) is 0 Å². The Balaban J connectivity index is 2.10. The Morgan fingerprint density at radius 2 is 2.29 bits per heavy atom. The monoisotopic (exact) mass is 192 g/mol. The topological polar surface area (TPSA) is 41.0 Å². The molecule has 1 N–H and O–H groups in total. The summed E-state index contributed by atoms with van der Waals surface area (Å²) < 4.78 is 0. The summed E-state index contributed by atoms with van der Waals surface area (Å²) in [5.41, 5.74) is 0.969. The minimum atomic E-state index is 0.534. The Morgan fingerprint density at radius 1 is 1.43 bits per heavy atom. The lowest BCUT2D eigenvalue weighted by Crippen LogP contribution is -2.49. The molecule has 1 aliphatic rings. The Labute approximate surface area is 84.3 Å². The van der Waals surface area contributed by atoms with Crippen LogP contribution in [0.25, 0.3) is 0 Å². The minimum absolute atomic E-state index is 0.534. The van der Waals surface area contributed by atoms with Crippen molar-refractivity contribution in [3.63, 3.8) is 0 Å². The van der Waals surface area contributed by atoms with Crippen molar-refractivity contribution in [2.45, 2.75) is 19.9 Å². The molecule has 0 bridgehead atoms. The summed E-state index contributed by atoms with van der Waals surface area (Å²) in [4.78, 5) is 2.27. The molecule has 0 saturated carbocycles. The minimum Gasteiger partial charge on any atom is -0.352 e. The number of aryl methyl sites for hydroxylation is 1. The van der Waals surface area contributed by atoms with E-state index in [1.807, 2.05) is 19.1 Å². The van der Waals surface area contributed by atoms with Gasteiger partial charge >= 0.3 is 0 Å². The Bertz CT molecular complexity index is 295. The molecule has 0 radical (unpaired) electrons. The largest absolute Gasteiger partial charge is 0.352 e.